The maximum atomic E-state index is 13.4. The minimum absolute atomic E-state index is 0.00939. The second kappa shape index (κ2) is 12.0. The van der Waals surface area contributed by atoms with E-state index in [4.69, 9.17) is 14.2 Å². The molecule has 3 aromatic carbocycles. The summed E-state index contributed by atoms with van der Waals surface area (Å²) in [6, 6.07) is 22.7. The van der Waals surface area contributed by atoms with Crippen molar-refractivity contribution in [3.8, 4) is 17.2 Å². The predicted octanol–water partition coefficient (Wildman–Crippen LogP) is 5.61. The Hall–Kier alpha value is -5.11. The smallest absolute Gasteiger partial charge is 0.295 e. The summed E-state index contributed by atoms with van der Waals surface area (Å²) in [5, 5.41) is 11.5. The lowest BCUT2D eigenvalue weighted by Gasteiger charge is -2.26. The number of methoxy groups -OCH3 is 2. The van der Waals surface area contributed by atoms with Gasteiger partial charge >= 0.3 is 0 Å². The SMILES string of the molecule is COc1ccc([C@@H]2C(=C(O)c3ccc(OCc4ccccc4C)cc3)C(=O)C(=O)N2Cc2ccncc2)cc1OC. The van der Waals surface area contributed by atoms with E-state index in [9.17, 15) is 14.7 Å². The molecule has 0 aliphatic carbocycles. The van der Waals surface area contributed by atoms with Crippen LogP contribution >= 0.6 is 0 Å². The van der Waals surface area contributed by atoms with Crippen LogP contribution in [0.25, 0.3) is 5.76 Å². The molecule has 41 heavy (non-hydrogen) atoms. The fourth-order valence-corrected chi connectivity index (χ4v) is 4.90. The Balaban J connectivity index is 1.51. The lowest BCUT2D eigenvalue weighted by Crippen LogP contribution is -2.29. The second-order valence-electron chi connectivity index (χ2n) is 9.64. The van der Waals surface area contributed by atoms with Crippen LogP contribution in [-0.4, -0.2) is 40.9 Å². The highest BCUT2D eigenvalue weighted by molar-refractivity contribution is 6.46. The minimum atomic E-state index is -0.861. The van der Waals surface area contributed by atoms with Crippen molar-refractivity contribution < 1.29 is 28.9 Å². The standard InChI is InChI=1S/C33H30N2O6/c1-21-6-4-5-7-25(21)20-41-26-11-8-23(9-12-26)31(36)29-30(24-10-13-27(39-2)28(18-24)40-3)35(33(38)32(29)37)19-22-14-16-34-17-15-22/h4-18,30,36H,19-20H2,1-3H3/t30-/m1/s1. The molecular formula is C33H30N2O6. The number of likely N-dealkylation sites (tertiary alicyclic amines) is 1. The highest BCUT2D eigenvalue weighted by Crippen LogP contribution is 2.42. The van der Waals surface area contributed by atoms with Gasteiger partial charge in [-0.2, -0.15) is 0 Å². The summed E-state index contributed by atoms with van der Waals surface area (Å²) < 4.78 is 16.8. The summed E-state index contributed by atoms with van der Waals surface area (Å²) in [6.45, 7) is 2.57. The number of hydrogen-bond acceptors (Lipinski definition) is 7. The number of pyridine rings is 1. The molecule has 1 aromatic heterocycles. The fraction of sp³-hybridized carbons (Fsp3) is 0.182. The number of benzene rings is 3. The summed E-state index contributed by atoms with van der Waals surface area (Å²) in [5.41, 5.74) is 3.97. The van der Waals surface area contributed by atoms with Crippen LogP contribution in [0.15, 0.2) is 96.8 Å². The van der Waals surface area contributed by atoms with Gasteiger partial charge in [0.25, 0.3) is 11.7 Å². The summed E-state index contributed by atoms with van der Waals surface area (Å²) in [6.07, 6.45) is 3.25. The number of aliphatic hydroxyl groups excluding tert-OH is 1. The lowest BCUT2D eigenvalue weighted by molar-refractivity contribution is -0.140. The number of rotatable bonds is 9. The number of amides is 1. The van der Waals surface area contributed by atoms with Crippen molar-refractivity contribution in [3.05, 3.63) is 125 Å². The highest BCUT2D eigenvalue weighted by Gasteiger charge is 2.46. The number of ether oxygens (including phenoxy) is 3. The first kappa shape index (κ1) is 27.5. The monoisotopic (exact) mass is 550 g/mol. The molecule has 1 N–H and O–H groups in total. The first-order chi connectivity index (χ1) is 19.9. The van der Waals surface area contributed by atoms with Gasteiger partial charge in [-0.25, -0.2) is 0 Å². The van der Waals surface area contributed by atoms with Gasteiger partial charge in [0.05, 0.1) is 25.8 Å². The van der Waals surface area contributed by atoms with Gasteiger partial charge < -0.3 is 24.2 Å². The topological polar surface area (TPSA) is 98.2 Å². The average Bonchev–Trinajstić information content (AvgIpc) is 3.25. The Morgan fingerprint density at radius 2 is 1.61 bits per heavy atom. The molecule has 5 rings (SSSR count). The van der Waals surface area contributed by atoms with E-state index in [1.165, 1.54) is 19.1 Å². The number of hydrogen-bond donors (Lipinski definition) is 1. The zero-order chi connectivity index (χ0) is 28.9. The molecule has 1 fully saturated rings. The molecule has 8 heteroatoms. The van der Waals surface area contributed by atoms with Crippen molar-refractivity contribution in [2.24, 2.45) is 0 Å². The average molecular weight is 551 g/mol. The zero-order valence-corrected chi connectivity index (χ0v) is 23.0. The number of aliphatic hydroxyl groups is 1. The molecule has 0 spiro atoms. The summed E-state index contributed by atoms with van der Waals surface area (Å²) >= 11 is 0. The molecule has 0 radical (unpaired) electrons. The minimum Gasteiger partial charge on any atom is -0.507 e. The highest BCUT2D eigenvalue weighted by atomic mass is 16.5. The number of aryl methyl sites for hydroxylation is 1. The third-order valence-electron chi connectivity index (χ3n) is 7.15. The Morgan fingerprint density at radius 1 is 0.902 bits per heavy atom. The maximum absolute atomic E-state index is 13.4. The van der Waals surface area contributed by atoms with E-state index in [0.717, 1.165) is 16.7 Å². The van der Waals surface area contributed by atoms with Gasteiger partial charge in [0.2, 0.25) is 0 Å². The van der Waals surface area contributed by atoms with Gasteiger partial charge in [-0.05, 0) is 77.7 Å². The van der Waals surface area contributed by atoms with Crippen LogP contribution in [0.4, 0.5) is 0 Å². The van der Waals surface area contributed by atoms with Gasteiger partial charge in [0.1, 0.15) is 18.1 Å². The normalized spacial score (nSPS) is 16.1. The number of carbonyl (C=O) groups is 2. The first-order valence-corrected chi connectivity index (χ1v) is 13.1. The van der Waals surface area contributed by atoms with Crippen LogP contribution in [0.2, 0.25) is 0 Å². The van der Waals surface area contributed by atoms with E-state index in [1.807, 2.05) is 31.2 Å². The summed E-state index contributed by atoms with van der Waals surface area (Å²) in [4.78, 5) is 32.3. The number of Topliss-reactive ketones (excluding diaryl/α,β-unsaturated/α-hetero) is 1. The van der Waals surface area contributed by atoms with Gasteiger partial charge in [0, 0.05) is 24.5 Å². The molecule has 2 heterocycles. The van der Waals surface area contributed by atoms with E-state index < -0.39 is 17.7 Å². The van der Waals surface area contributed by atoms with E-state index in [2.05, 4.69) is 4.98 Å². The Labute approximate surface area is 238 Å². The second-order valence-corrected chi connectivity index (χ2v) is 9.64. The lowest BCUT2D eigenvalue weighted by atomic mass is 9.94. The third kappa shape index (κ3) is 5.63. The van der Waals surface area contributed by atoms with E-state index in [0.29, 0.717) is 35.0 Å². The van der Waals surface area contributed by atoms with Crippen LogP contribution < -0.4 is 14.2 Å². The molecule has 4 aromatic rings. The van der Waals surface area contributed by atoms with Crippen LogP contribution in [0.3, 0.4) is 0 Å². The predicted molar refractivity (Wildman–Crippen MR) is 154 cm³/mol. The maximum Gasteiger partial charge on any atom is 0.295 e. The Bertz CT molecular complexity index is 1600. The first-order valence-electron chi connectivity index (χ1n) is 13.1. The zero-order valence-electron chi connectivity index (χ0n) is 23.0. The number of carbonyl (C=O) groups excluding carboxylic acids is 2. The van der Waals surface area contributed by atoms with Gasteiger partial charge in [0.15, 0.2) is 11.5 Å². The number of ketones is 1. The molecule has 0 saturated carbocycles. The van der Waals surface area contributed by atoms with Crippen LogP contribution in [0, 0.1) is 6.92 Å². The molecule has 0 unspecified atom stereocenters. The summed E-state index contributed by atoms with van der Waals surface area (Å²) in [5.74, 6) is -0.193. The Kier molecular flexibility index (Phi) is 8.01. The van der Waals surface area contributed by atoms with E-state index in [-0.39, 0.29) is 17.9 Å². The van der Waals surface area contributed by atoms with Crippen LogP contribution in [0.5, 0.6) is 17.2 Å². The molecule has 1 saturated heterocycles. The van der Waals surface area contributed by atoms with Crippen molar-refractivity contribution in [3.63, 3.8) is 0 Å². The van der Waals surface area contributed by atoms with Crippen molar-refractivity contribution in [1.82, 2.24) is 9.88 Å². The molecular weight excluding hydrogens is 520 g/mol. The molecule has 1 amide bonds. The quantitative estimate of drug-likeness (QED) is 0.164. The van der Waals surface area contributed by atoms with Crippen LogP contribution in [-0.2, 0) is 22.7 Å². The van der Waals surface area contributed by atoms with Gasteiger partial charge in [-0.1, -0.05) is 30.3 Å². The molecule has 1 aliphatic heterocycles. The van der Waals surface area contributed by atoms with Gasteiger partial charge in [-0.3, -0.25) is 14.6 Å². The van der Waals surface area contributed by atoms with Gasteiger partial charge in [-0.15, -0.1) is 0 Å². The van der Waals surface area contributed by atoms with Crippen LogP contribution in [0.1, 0.15) is 33.9 Å². The van der Waals surface area contributed by atoms with Crippen molar-refractivity contribution in [1.29, 1.82) is 0 Å². The van der Waals surface area contributed by atoms with Crippen molar-refractivity contribution >= 4 is 17.4 Å². The van der Waals surface area contributed by atoms with Crippen molar-refractivity contribution in [2.75, 3.05) is 14.2 Å². The molecule has 208 valence electrons. The Morgan fingerprint density at radius 3 is 2.29 bits per heavy atom. The largest absolute Gasteiger partial charge is 0.507 e. The third-order valence-corrected chi connectivity index (χ3v) is 7.15. The molecule has 1 atom stereocenters. The molecule has 1 aliphatic rings. The fourth-order valence-electron chi connectivity index (χ4n) is 4.90. The summed E-state index contributed by atoms with van der Waals surface area (Å²) in [7, 11) is 3.04. The van der Waals surface area contributed by atoms with E-state index >= 15 is 0 Å². The van der Waals surface area contributed by atoms with Crippen molar-refractivity contribution in [2.45, 2.75) is 26.1 Å². The molecule has 8 nitrogen and oxygen atoms in total. The van der Waals surface area contributed by atoms with E-state index in [1.54, 1.807) is 67.0 Å². The number of nitrogens with zero attached hydrogens (tertiary/aromatic N) is 2. The molecule has 0 bridgehead atoms. The number of aromatic nitrogens is 1.